The molecule has 4 rings (SSSR count). The Morgan fingerprint density at radius 3 is 2.63 bits per heavy atom. The molecule has 1 aromatic heterocycles. The van der Waals surface area contributed by atoms with Gasteiger partial charge in [-0.1, -0.05) is 48.3 Å². The maximum atomic E-state index is 13.3. The Hall–Kier alpha value is -2.38. The molecule has 0 N–H and O–H groups in total. The molecular formula is C23H31N3O4. The number of hydrogen-bond donors (Lipinski definition) is 0. The van der Waals surface area contributed by atoms with Gasteiger partial charge in [0.05, 0.1) is 31.9 Å². The van der Waals surface area contributed by atoms with Crippen molar-refractivity contribution in [2.45, 2.75) is 32.2 Å². The third-order valence-electron chi connectivity index (χ3n) is 6.04. The van der Waals surface area contributed by atoms with Crippen molar-refractivity contribution in [3.8, 4) is 11.3 Å². The van der Waals surface area contributed by atoms with Crippen molar-refractivity contribution in [2.75, 3.05) is 51.5 Å². The van der Waals surface area contributed by atoms with Crippen LogP contribution in [0.5, 0.6) is 0 Å². The summed E-state index contributed by atoms with van der Waals surface area (Å²) in [6, 6.07) is 10.0. The van der Waals surface area contributed by atoms with Crippen molar-refractivity contribution >= 4 is 11.8 Å². The van der Waals surface area contributed by atoms with Crippen molar-refractivity contribution in [3.05, 3.63) is 35.9 Å². The van der Waals surface area contributed by atoms with Gasteiger partial charge in [0.25, 0.3) is 0 Å². The molecule has 0 unspecified atom stereocenters. The van der Waals surface area contributed by atoms with E-state index in [-0.39, 0.29) is 11.8 Å². The molecule has 0 bridgehead atoms. The Bertz CT molecular complexity index is 811. The zero-order valence-corrected chi connectivity index (χ0v) is 17.7. The molecule has 1 aliphatic heterocycles. The largest absolute Gasteiger partial charge is 0.383 e. The summed E-state index contributed by atoms with van der Waals surface area (Å²) in [5, 5.41) is 4.43. The number of anilines is 1. The molecular weight excluding hydrogens is 382 g/mol. The average Bonchev–Trinajstić information content (AvgIpc) is 3.48. The SMILES string of the molecule is COCCN(Cc1c(-c2ccccc2)noc1N1CCOCC1)C(=O)C1CCCC1. The van der Waals surface area contributed by atoms with Crippen molar-refractivity contribution in [3.63, 3.8) is 0 Å². The number of amides is 1. The van der Waals surface area contributed by atoms with Crippen molar-refractivity contribution in [2.24, 2.45) is 5.92 Å². The van der Waals surface area contributed by atoms with Crippen LogP contribution < -0.4 is 4.90 Å². The standard InChI is InChI=1S/C23H31N3O4/c1-28-14-11-26(22(27)19-9-5-6-10-19)17-20-21(18-7-3-2-4-8-18)24-30-23(20)25-12-15-29-16-13-25/h2-4,7-8,19H,5-6,9-17H2,1H3. The van der Waals surface area contributed by atoms with Crippen LogP contribution in [-0.4, -0.2) is 62.5 Å². The number of hydrogen-bond acceptors (Lipinski definition) is 6. The van der Waals surface area contributed by atoms with Crippen LogP contribution in [0.4, 0.5) is 5.88 Å². The van der Waals surface area contributed by atoms with Crippen LogP contribution in [0.3, 0.4) is 0 Å². The lowest BCUT2D eigenvalue weighted by atomic mass is 10.0. The van der Waals surface area contributed by atoms with E-state index in [9.17, 15) is 4.79 Å². The van der Waals surface area contributed by atoms with Gasteiger partial charge in [0, 0.05) is 38.2 Å². The lowest BCUT2D eigenvalue weighted by Gasteiger charge is -2.29. The summed E-state index contributed by atoms with van der Waals surface area (Å²) in [7, 11) is 1.67. The van der Waals surface area contributed by atoms with Crippen LogP contribution in [0.15, 0.2) is 34.9 Å². The van der Waals surface area contributed by atoms with E-state index in [2.05, 4.69) is 10.1 Å². The minimum atomic E-state index is 0.119. The first-order valence-electron chi connectivity index (χ1n) is 10.9. The molecule has 7 heteroatoms. The van der Waals surface area contributed by atoms with E-state index in [0.29, 0.717) is 32.9 Å². The molecule has 30 heavy (non-hydrogen) atoms. The van der Waals surface area contributed by atoms with Gasteiger partial charge >= 0.3 is 0 Å². The van der Waals surface area contributed by atoms with E-state index in [4.69, 9.17) is 14.0 Å². The van der Waals surface area contributed by atoms with Crippen LogP contribution in [0.1, 0.15) is 31.2 Å². The summed E-state index contributed by atoms with van der Waals surface area (Å²) in [4.78, 5) is 17.4. The van der Waals surface area contributed by atoms with Crippen molar-refractivity contribution in [1.29, 1.82) is 0 Å². The Kier molecular flexibility index (Phi) is 7.02. The van der Waals surface area contributed by atoms with Crippen LogP contribution >= 0.6 is 0 Å². The number of carbonyl (C=O) groups is 1. The van der Waals surface area contributed by atoms with Gasteiger partial charge in [-0.2, -0.15) is 0 Å². The molecule has 1 aliphatic carbocycles. The molecule has 2 heterocycles. The molecule has 2 fully saturated rings. The third kappa shape index (κ3) is 4.68. The number of rotatable bonds is 8. The normalized spacial score (nSPS) is 17.4. The van der Waals surface area contributed by atoms with E-state index in [1.807, 2.05) is 35.2 Å². The van der Waals surface area contributed by atoms with E-state index in [0.717, 1.165) is 61.5 Å². The molecule has 7 nitrogen and oxygen atoms in total. The van der Waals surface area contributed by atoms with Gasteiger partial charge in [0.1, 0.15) is 5.69 Å². The number of benzene rings is 1. The first kappa shape index (κ1) is 20.9. The van der Waals surface area contributed by atoms with Crippen LogP contribution in [0.25, 0.3) is 11.3 Å². The highest BCUT2D eigenvalue weighted by Gasteiger charge is 2.31. The molecule has 0 atom stereocenters. The summed E-state index contributed by atoms with van der Waals surface area (Å²) >= 11 is 0. The molecule has 162 valence electrons. The first-order valence-corrected chi connectivity index (χ1v) is 10.9. The minimum absolute atomic E-state index is 0.119. The molecule has 0 spiro atoms. The van der Waals surface area contributed by atoms with E-state index >= 15 is 0 Å². The zero-order chi connectivity index (χ0) is 20.8. The number of methoxy groups -OCH3 is 1. The summed E-state index contributed by atoms with van der Waals surface area (Å²) in [6.45, 7) is 4.38. The quantitative estimate of drug-likeness (QED) is 0.661. The number of aromatic nitrogens is 1. The topological polar surface area (TPSA) is 68.0 Å². The first-order chi connectivity index (χ1) is 14.8. The van der Waals surface area contributed by atoms with Gasteiger partial charge in [-0.25, -0.2) is 0 Å². The monoisotopic (exact) mass is 413 g/mol. The summed E-state index contributed by atoms with van der Waals surface area (Å²) < 4.78 is 16.7. The summed E-state index contributed by atoms with van der Waals surface area (Å²) in [6.07, 6.45) is 4.23. The lowest BCUT2D eigenvalue weighted by Crippen LogP contribution is -2.39. The highest BCUT2D eigenvalue weighted by Crippen LogP contribution is 2.34. The molecule has 1 saturated heterocycles. The predicted molar refractivity (Wildman–Crippen MR) is 114 cm³/mol. The van der Waals surface area contributed by atoms with Gasteiger partial charge in [-0.3, -0.25) is 4.79 Å². The minimum Gasteiger partial charge on any atom is -0.383 e. The average molecular weight is 414 g/mol. The maximum Gasteiger partial charge on any atom is 0.233 e. The van der Waals surface area contributed by atoms with E-state index < -0.39 is 0 Å². The van der Waals surface area contributed by atoms with Crippen LogP contribution in [-0.2, 0) is 20.8 Å². The third-order valence-corrected chi connectivity index (χ3v) is 6.04. The fraction of sp³-hybridized carbons (Fsp3) is 0.565. The molecule has 1 amide bonds. The Balaban J connectivity index is 1.66. The van der Waals surface area contributed by atoms with Gasteiger partial charge in [-0.15, -0.1) is 0 Å². The Morgan fingerprint density at radius 1 is 1.20 bits per heavy atom. The maximum absolute atomic E-state index is 13.3. The summed E-state index contributed by atoms with van der Waals surface area (Å²) in [5.74, 6) is 1.09. The number of carbonyl (C=O) groups excluding carboxylic acids is 1. The molecule has 0 radical (unpaired) electrons. The predicted octanol–water partition coefficient (Wildman–Crippen LogP) is 3.34. The number of nitrogens with zero attached hydrogens (tertiary/aromatic N) is 3. The van der Waals surface area contributed by atoms with Crippen LogP contribution in [0.2, 0.25) is 0 Å². The highest BCUT2D eigenvalue weighted by atomic mass is 16.5. The van der Waals surface area contributed by atoms with Crippen LogP contribution in [0, 0.1) is 5.92 Å². The fourth-order valence-electron chi connectivity index (χ4n) is 4.37. The fourth-order valence-corrected chi connectivity index (χ4v) is 4.37. The van der Waals surface area contributed by atoms with Crippen molar-refractivity contribution in [1.82, 2.24) is 10.1 Å². The van der Waals surface area contributed by atoms with E-state index in [1.54, 1.807) is 7.11 Å². The lowest BCUT2D eigenvalue weighted by molar-refractivity contribution is -0.136. The van der Waals surface area contributed by atoms with E-state index in [1.165, 1.54) is 0 Å². The molecule has 1 saturated carbocycles. The summed E-state index contributed by atoms with van der Waals surface area (Å²) in [5.41, 5.74) is 2.76. The van der Waals surface area contributed by atoms with Crippen molar-refractivity contribution < 1.29 is 18.8 Å². The molecule has 2 aliphatic rings. The second-order valence-corrected chi connectivity index (χ2v) is 8.01. The second-order valence-electron chi connectivity index (χ2n) is 8.01. The van der Waals surface area contributed by atoms with Gasteiger partial charge < -0.3 is 23.8 Å². The Morgan fingerprint density at radius 2 is 1.93 bits per heavy atom. The van der Waals surface area contributed by atoms with Gasteiger partial charge in [0.2, 0.25) is 11.8 Å². The zero-order valence-electron chi connectivity index (χ0n) is 17.7. The second kappa shape index (κ2) is 10.1. The number of ether oxygens (including phenoxy) is 2. The van der Waals surface area contributed by atoms with Gasteiger partial charge in [-0.05, 0) is 12.8 Å². The smallest absolute Gasteiger partial charge is 0.233 e. The highest BCUT2D eigenvalue weighted by molar-refractivity contribution is 5.80. The molecule has 1 aromatic carbocycles. The number of morpholine rings is 1. The molecule has 2 aromatic rings. The Labute approximate surface area is 177 Å². The van der Waals surface area contributed by atoms with Gasteiger partial charge in [0.15, 0.2) is 0 Å².